The predicted octanol–water partition coefficient (Wildman–Crippen LogP) is 4.27. The second-order valence-corrected chi connectivity index (χ2v) is 6.82. The molecule has 1 aromatic rings. The van der Waals surface area contributed by atoms with Gasteiger partial charge in [-0.1, -0.05) is 36.0 Å². The molecular formula is C16H21Cl2FN2. The van der Waals surface area contributed by atoms with Gasteiger partial charge in [-0.2, -0.15) is 0 Å². The Hall–Kier alpha value is -0.350. The molecule has 116 valence electrons. The summed E-state index contributed by atoms with van der Waals surface area (Å²) in [5.41, 5.74) is 0.609. The molecular weight excluding hydrogens is 310 g/mol. The third-order valence-electron chi connectivity index (χ3n) is 4.77. The predicted molar refractivity (Wildman–Crippen MR) is 85.6 cm³/mol. The number of rotatable bonds is 3. The normalized spacial score (nSPS) is 22.6. The first-order chi connectivity index (χ1) is 10.2. The molecule has 2 nitrogen and oxygen atoms in total. The Kier molecular flexibility index (Phi) is 5.05. The summed E-state index contributed by atoms with van der Waals surface area (Å²) < 4.78 is 14.5. The first-order valence-corrected chi connectivity index (χ1v) is 8.52. The van der Waals surface area contributed by atoms with Gasteiger partial charge in [0.1, 0.15) is 5.82 Å². The van der Waals surface area contributed by atoms with Crippen LogP contribution in [0.5, 0.6) is 0 Å². The van der Waals surface area contributed by atoms with Crippen LogP contribution in [0.1, 0.15) is 37.3 Å². The maximum atomic E-state index is 14.5. The smallest absolute Gasteiger partial charge is 0.129 e. The zero-order valence-electron chi connectivity index (χ0n) is 12.0. The first-order valence-electron chi connectivity index (χ1n) is 7.76. The van der Waals surface area contributed by atoms with E-state index in [1.807, 2.05) is 0 Å². The van der Waals surface area contributed by atoms with Crippen LogP contribution in [-0.2, 0) is 0 Å². The van der Waals surface area contributed by atoms with Crippen LogP contribution in [0, 0.1) is 11.7 Å². The highest BCUT2D eigenvalue weighted by atomic mass is 35.5. The van der Waals surface area contributed by atoms with Crippen molar-refractivity contribution >= 4 is 23.2 Å². The Morgan fingerprint density at radius 3 is 2.48 bits per heavy atom. The van der Waals surface area contributed by atoms with E-state index in [2.05, 4.69) is 10.2 Å². The zero-order chi connectivity index (χ0) is 14.8. The van der Waals surface area contributed by atoms with Crippen LogP contribution in [0.25, 0.3) is 0 Å². The molecule has 1 N–H and O–H groups in total. The molecule has 0 radical (unpaired) electrons. The van der Waals surface area contributed by atoms with E-state index >= 15 is 0 Å². The molecule has 0 amide bonds. The van der Waals surface area contributed by atoms with Crippen LogP contribution in [0.4, 0.5) is 4.39 Å². The molecule has 1 aliphatic carbocycles. The SMILES string of the molecule is Fc1ccc(Cl)c(Cl)c1[C@@H](C1CCCC1)N1CCNCC1. The fourth-order valence-electron chi connectivity index (χ4n) is 3.76. The third kappa shape index (κ3) is 3.21. The third-order valence-corrected chi connectivity index (χ3v) is 5.59. The van der Waals surface area contributed by atoms with Gasteiger partial charge in [-0.15, -0.1) is 0 Å². The lowest BCUT2D eigenvalue weighted by Crippen LogP contribution is -2.47. The molecule has 1 heterocycles. The number of hydrogen-bond acceptors (Lipinski definition) is 2. The van der Waals surface area contributed by atoms with Gasteiger partial charge in [0.25, 0.3) is 0 Å². The minimum Gasteiger partial charge on any atom is -0.314 e. The second kappa shape index (κ2) is 6.82. The van der Waals surface area contributed by atoms with E-state index in [9.17, 15) is 4.39 Å². The summed E-state index contributed by atoms with van der Waals surface area (Å²) in [6, 6.07) is 3.06. The maximum Gasteiger partial charge on any atom is 0.129 e. The van der Waals surface area contributed by atoms with Crippen LogP contribution in [0.15, 0.2) is 12.1 Å². The Morgan fingerprint density at radius 1 is 1.14 bits per heavy atom. The number of nitrogens with one attached hydrogen (secondary N) is 1. The number of benzene rings is 1. The van der Waals surface area contributed by atoms with Crippen LogP contribution in [-0.4, -0.2) is 31.1 Å². The van der Waals surface area contributed by atoms with Crippen molar-refractivity contribution in [2.75, 3.05) is 26.2 Å². The van der Waals surface area contributed by atoms with Crippen LogP contribution < -0.4 is 5.32 Å². The average molecular weight is 331 g/mol. The molecule has 1 aliphatic heterocycles. The van der Waals surface area contributed by atoms with E-state index in [1.165, 1.54) is 18.9 Å². The van der Waals surface area contributed by atoms with Crippen LogP contribution in [0.2, 0.25) is 10.0 Å². The number of hydrogen-bond donors (Lipinski definition) is 1. The number of nitrogens with zero attached hydrogens (tertiary/aromatic N) is 1. The summed E-state index contributed by atoms with van der Waals surface area (Å²) in [5, 5.41) is 4.20. The van der Waals surface area contributed by atoms with Gasteiger partial charge >= 0.3 is 0 Å². The molecule has 1 saturated heterocycles. The lowest BCUT2D eigenvalue weighted by Gasteiger charge is -2.39. The van der Waals surface area contributed by atoms with Crippen molar-refractivity contribution < 1.29 is 4.39 Å². The summed E-state index contributed by atoms with van der Waals surface area (Å²) in [4.78, 5) is 2.38. The summed E-state index contributed by atoms with van der Waals surface area (Å²) in [6.07, 6.45) is 4.76. The first kappa shape index (κ1) is 15.5. The zero-order valence-corrected chi connectivity index (χ0v) is 13.6. The molecule has 0 aromatic heterocycles. The molecule has 5 heteroatoms. The van der Waals surface area contributed by atoms with E-state index < -0.39 is 0 Å². The molecule has 2 aliphatic rings. The van der Waals surface area contributed by atoms with Crippen molar-refractivity contribution in [3.8, 4) is 0 Å². The van der Waals surface area contributed by atoms with E-state index in [0.717, 1.165) is 39.0 Å². The van der Waals surface area contributed by atoms with E-state index in [1.54, 1.807) is 6.07 Å². The van der Waals surface area contributed by atoms with E-state index in [0.29, 0.717) is 21.5 Å². The van der Waals surface area contributed by atoms with Gasteiger partial charge in [-0.3, -0.25) is 4.90 Å². The molecule has 3 rings (SSSR count). The van der Waals surface area contributed by atoms with Crippen molar-refractivity contribution in [2.45, 2.75) is 31.7 Å². The van der Waals surface area contributed by atoms with Crippen molar-refractivity contribution in [3.05, 3.63) is 33.6 Å². The van der Waals surface area contributed by atoms with Gasteiger partial charge in [-0.25, -0.2) is 4.39 Å². The highest BCUT2D eigenvalue weighted by molar-refractivity contribution is 6.42. The van der Waals surface area contributed by atoms with Gasteiger partial charge in [-0.05, 0) is 30.9 Å². The summed E-state index contributed by atoms with van der Waals surface area (Å²) in [7, 11) is 0. The molecule has 1 atom stereocenters. The lowest BCUT2D eigenvalue weighted by molar-refractivity contribution is 0.122. The monoisotopic (exact) mass is 330 g/mol. The second-order valence-electron chi connectivity index (χ2n) is 6.03. The van der Waals surface area contributed by atoms with Gasteiger partial charge in [0.05, 0.1) is 10.0 Å². The number of piperazine rings is 1. The minimum absolute atomic E-state index is 0.0563. The van der Waals surface area contributed by atoms with Crippen LogP contribution >= 0.6 is 23.2 Å². The van der Waals surface area contributed by atoms with Crippen molar-refractivity contribution in [1.82, 2.24) is 10.2 Å². The van der Waals surface area contributed by atoms with Gasteiger partial charge in [0.2, 0.25) is 0 Å². The molecule has 0 spiro atoms. The van der Waals surface area contributed by atoms with Gasteiger partial charge in [0.15, 0.2) is 0 Å². The lowest BCUT2D eigenvalue weighted by atomic mass is 9.89. The molecule has 1 aromatic carbocycles. The van der Waals surface area contributed by atoms with Gasteiger partial charge < -0.3 is 5.32 Å². The largest absolute Gasteiger partial charge is 0.314 e. The Balaban J connectivity index is 1.99. The maximum absolute atomic E-state index is 14.5. The Bertz CT molecular complexity index is 497. The average Bonchev–Trinajstić information content (AvgIpc) is 3.02. The fraction of sp³-hybridized carbons (Fsp3) is 0.625. The van der Waals surface area contributed by atoms with Crippen molar-refractivity contribution in [3.63, 3.8) is 0 Å². The van der Waals surface area contributed by atoms with Crippen molar-refractivity contribution in [2.24, 2.45) is 5.92 Å². The molecule has 1 saturated carbocycles. The molecule has 2 fully saturated rings. The fourth-order valence-corrected chi connectivity index (χ4v) is 4.19. The summed E-state index contributed by atoms with van der Waals surface area (Å²) >= 11 is 12.5. The summed E-state index contributed by atoms with van der Waals surface area (Å²) in [6.45, 7) is 3.76. The Labute approximate surface area is 135 Å². The standard InChI is InChI=1S/C16H21Cl2FN2/c17-12-5-6-13(19)14(15(12)18)16(11-3-1-2-4-11)21-9-7-20-8-10-21/h5-6,11,16,20H,1-4,7-10H2/t16-/m1/s1. The van der Waals surface area contributed by atoms with Crippen molar-refractivity contribution in [1.29, 1.82) is 0 Å². The summed E-state index contributed by atoms with van der Waals surface area (Å²) in [5.74, 6) is 0.258. The highest BCUT2D eigenvalue weighted by Gasteiger charge is 2.35. The van der Waals surface area contributed by atoms with E-state index in [-0.39, 0.29) is 11.9 Å². The molecule has 21 heavy (non-hydrogen) atoms. The highest BCUT2D eigenvalue weighted by Crippen LogP contribution is 2.44. The van der Waals surface area contributed by atoms with Gasteiger partial charge in [0, 0.05) is 37.8 Å². The Morgan fingerprint density at radius 2 is 1.81 bits per heavy atom. The minimum atomic E-state index is -0.222. The molecule has 0 unspecified atom stereocenters. The quantitative estimate of drug-likeness (QED) is 0.832. The van der Waals surface area contributed by atoms with Crippen LogP contribution in [0.3, 0.4) is 0 Å². The number of halogens is 3. The van der Waals surface area contributed by atoms with E-state index in [4.69, 9.17) is 23.2 Å². The molecule has 0 bridgehead atoms. The topological polar surface area (TPSA) is 15.3 Å².